The zero-order chi connectivity index (χ0) is 12.1. The summed E-state index contributed by atoms with van der Waals surface area (Å²) in [4.78, 5) is 23.8. The van der Waals surface area contributed by atoms with Crippen LogP contribution in [0.3, 0.4) is 0 Å². The van der Waals surface area contributed by atoms with Crippen molar-refractivity contribution in [3.63, 3.8) is 0 Å². The minimum absolute atomic E-state index is 0.162. The Bertz CT molecular complexity index is 387. The van der Waals surface area contributed by atoms with E-state index in [0.29, 0.717) is 11.4 Å². The standard InChI is InChI=1S/C11H16N2O2S/c1-4-12-10(14)8(3)13-11(15)9-7(2)5-6-16-9/h5-6,8H,4H2,1-3H3,(H,12,14)(H,13,15). The normalized spacial score (nSPS) is 11.9. The van der Waals surface area contributed by atoms with Gasteiger partial charge in [-0.15, -0.1) is 11.3 Å². The predicted molar refractivity (Wildman–Crippen MR) is 64.7 cm³/mol. The molecule has 2 N–H and O–H groups in total. The number of rotatable bonds is 4. The Morgan fingerprint density at radius 2 is 2.19 bits per heavy atom. The summed E-state index contributed by atoms with van der Waals surface area (Å²) in [5.74, 6) is -0.351. The van der Waals surface area contributed by atoms with E-state index in [9.17, 15) is 9.59 Å². The fraction of sp³-hybridized carbons (Fsp3) is 0.455. The fourth-order valence-electron chi connectivity index (χ4n) is 1.26. The first-order valence-electron chi connectivity index (χ1n) is 5.19. The molecule has 0 bridgehead atoms. The number of aryl methyl sites for hydroxylation is 1. The van der Waals surface area contributed by atoms with Crippen LogP contribution in [-0.2, 0) is 4.79 Å². The summed E-state index contributed by atoms with van der Waals surface area (Å²) in [6.45, 7) is 5.96. The molecule has 0 aliphatic heterocycles. The van der Waals surface area contributed by atoms with Gasteiger partial charge >= 0.3 is 0 Å². The molecule has 1 atom stereocenters. The third-order valence-electron chi connectivity index (χ3n) is 2.16. The second kappa shape index (κ2) is 5.65. The first-order chi connectivity index (χ1) is 7.56. The molecule has 1 heterocycles. The molecular weight excluding hydrogens is 224 g/mol. The molecule has 4 nitrogen and oxygen atoms in total. The van der Waals surface area contributed by atoms with Crippen molar-refractivity contribution in [1.82, 2.24) is 10.6 Å². The molecule has 1 unspecified atom stereocenters. The van der Waals surface area contributed by atoms with E-state index >= 15 is 0 Å². The van der Waals surface area contributed by atoms with Crippen molar-refractivity contribution in [3.8, 4) is 0 Å². The average molecular weight is 240 g/mol. The molecule has 0 aliphatic rings. The van der Waals surface area contributed by atoms with E-state index in [1.165, 1.54) is 11.3 Å². The maximum absolute atomic E-state index is 11.8. The number of carbonyl (C=O) groups is 2. The summed E-state index contributed by atoms with van der Waals surface area (Å²) in [6.07, 6.45) is 0. The zero-order valence-electron chi connectivity index (χ0n) is 9.66. The molecule has 0 saturated heterocycles. The van der Waals surface area contributed by atoms with Crippen molar-refractivity contribution in [2.24, 2.45) is 0 Å². The highest BCUT2D eigenvalue weighted by molar-refractivity contribution is 7.12. The first kappa shape index (κ1) is 12.7. The topological polar surface area (TPSA) is 58.2 Å². The van der Waals surface area contributed by atoms with Crippen LogP contribution in [0.15, 0.2) is 11.4 Å². The summed E-state index contributed by atoms with van der Waals surface area (Å²) >= 11 is 1.38. The largest absolute Gasteiger partial charge is 0.355 e. The monoisotopic (exact) mass is 240 g/mol. The lowest BCUT2D eigenvalue weighted by Crippen LogP contribution is -2.44. The van der Waals surface area contributed by atoms with Gasteiger partial charge < -0.3 is 10.6 Å². The lowest BCUT2D eigenvalue weighted by molar-refractivity contribution is -0.122. The van der Waals surface area contributed by atoms with E-state index in [4.69, 9.17) is 0 Å². The molecule has 5 heteroatoms. The van der Waals surface area contributed by atoms with Gasteiger partial charge in [-0.1, -0.05) is 0 Å². The van der Waals surface area contributed by atoms with Crippen molar-refractivity contribution in [2.75, 3.05) is 6.54 Å². The Balaban J connectivity index is 2.58. The molecule has 1 aromatic heterocycles. The molecule has 1 rings (SSSR count). The van der Waals surface area contributed by atoms with Gasteiger partial charge in [0.1, 0.15) is 6.04 Å². The second-order valence-electron chi connectivity index (χ2n) is 3.52. The van der Waals surface area contributed by atoms with E-state index in [-0.39, 0.29) is 11.8 Å². The summed E-state index contributed by atoms with van der Waals surface area (Å²) < 4.78 is 0. The number of hydrogen-bond donors (Lipinski definition) is 2. The van der Waals surface area contributed by atoms with Gasteiger partial charge in [-0.3, -0.25) is 9.59 Å². The van der Waals surface area contributed by atoms with E-state index < -0.39 is 6.04 Å². The molecule has 0 spiro atoms. The van der Waals surface area contributed by atoms with E-state index in [1.54, 1.807) is 6.92 Å². The molecular formula is C11H16N2O2S. The summed E-state index contributed by atoms with van der Waals surface area (Å²) in [5.41, 5.74) is 0.936. The molecule has 0 aliphatic carbocycles. The second-order valence-corrected chi connectivity index (χ2v) is 4.44. The van der Waals surface area contributed by atoms with E-state index in [1.807, 2.05) is 25.3 Å². The van der Waals surface area contributed by atoms with Crippen LogP contribution < -0.4 is 10.6 Å². The molecule has 16 heavy (non-hydrogen) atoms. The minimum Gasteiger partial charge on any atom is -0.355 e. The summed E-state index contributed by atoms with van der Waals surface area (Å²) in [5, 5.41) is 7.19. The van der Waals surface area contributed by atoms with Crippen LogP contribution in [-0.4, -0.2) is 24.4 Å². The van der Waals surface area contributed by atoms with Crippen molar-refractivity contribution < 1.29 is 9.59 Å². The minimum atomic E-state index is -0.506. The van der Waals surface area contributed by atoms with Crippen LogP contribution in [0.4, 0.5) is 0 Å². The van der Waals surface area contributed by atoms with Crippen molar-refractivity contribution >= 4 is 23.2 Å². The van der Waals surface area contributed by atoms with Crippen LogP contribution in [0.2, 0.25) is 0 Å². The molecule has 1 aromatic rings. The highest BCUT2D eigenvalue weighted by Crippen LogP contribution is 2.15. The number of nitrogens with one attached hydrogen (secondary N) is 2. The Hall–Kier alpha value is -1.36. The van der Waals surface area contributed by atoms with Crippen LogP contribution in [0.5, 0.6) is 0 Å². The van der Waals surface area contributed by atoms with Crippen LogP contribution in [0, 0.1) is 6.92 Å². The first-order valence-corrected chi connectivity index (χ1v) is 6.07. The lowest BCUT2D eigenvalue weighted by atomic mass is 10.2. The van der Waals surface area contributed by atoms with Gasteiger partial charge in [0.25, 0.3) is 5.91 Å². The van der Waals surface area contributed by atoms with Crippen LogP contribution >= 0.6 is 11.3 Å². The van der Waals surface area contributed by atoms with Crippen LogP contribution in [0.1, 0.15) is 29.1 Å². The fourth-order valence-corrected chi connectivity index (χ4v) is 2.09. The maximum atomic E-state index is 11.8. The highest BCUT2D eigenvalue weighted by atomic mass is 32.1. The van der Waals surface area contributed by atoms with Gasteiger partial charge in [0, 0.05) is 6.54 Å². The zero-order valence-corrected chi connectivity index (χ0v) is 10.5. The van der Waals surface area contributed by atoms with Gasteiger partial charge in [0.05, 0.1) is 4.88 Å². The Morgan fingerprint density at radius 3 is 2.69 bits per heavy atom. The Kier molecular flexibility index (Phi) is 4.49. The molecule has 88 valence electrons. The van der Waals surface area contributed by atoms with E-state index in [0.717, 1.165) is 5.56 Å². The number of thiophene rings is 1. The third kappa shape index (κ3) is 3.06. The van der Waals surface area contributed by atoms with Gasteiger partial charge in [0.2, 0.25) is 5.91 Å². The van der Waals surface area contributed by atoms with Gasteiger partial charge in [-0.25, -0.2) is 0 Å². The highest BCUT2D eigenvalue weighted by Gasteiger charge is 2.17. The Labute approximate surface area is 99.0 Å². The molecule has 0 saturated carbocycles. The third-order valence-corrected chi connectivity index (χ3v) is 3.18. The number of hydrogen-bond acceptors (Lipinski definition) is 3. The van der Waals surface area contributed by atoms with Gasteiger partial charge in [-0.05, 0) is 37.8 Å². The Morgan fingerprint density at radius 1 is 1.50 bits per heavy atom. The predicted octanol–water partition coefficient (Wildman–Crippen LogP) is 1.31. The maximum Gasteiger partial charge on any atom is 0.262 e. The lowest BCUT2D eigenvalue weighted by Gasteiger charge is -2.12. The molecule has 0 radical (unpaired) electrons. The number of amides is 2. The van der Waals surface area contributed by atoms with Crippen molar-refractivity contribution in [2.45, 2.75) is 26.8 Å². The summed E-state index contributed by atoms with van der Waals surface area (Å²) in [7, 11) is 0. The van der Waals surface area contributed by atoms with Gasteiger partial charge in [-0.2, -0.15) is 0 Å². The van der Waals surface area contributed by atoms with Gasteiger partial charge in [0.15, 0.2) is 0 Å². The smallest absolute Gasteiger partial charge is 0.262 e. The quantitative estimate of drug-likeness (QED) is 0.833. The molecule has 0 aromatic carbocycles. The number of carbonyl (C=O) groups excluding carboxylic acids is 2. The summed E-state index contributed by atoms with van der Waals surface area (Å²) in [6, 6.07) is 1.38. The number of likely N-dealkylation sites (N-methyl/N-ethyl adjacent to an activating group) is 1. The molecule has 2 amide bonds. The van der Waals surface area contributed by atoms with Crippen molar-refractivity contribution in [1.29, 1.82) is 0 Å². The van der Waals surface area contributed by atoms with E-state index in [2.05, 4.69) is 10.6 Å². The average Bonchev–Trinajstić information content (AvgIpc) is 2.64. The SMILES string of the molecule is CCNC(=O)C(C)NC(=O)c1sccc1C. The molecule has 0 fully saturated rings. The van der Waals surface area contributed by atoms with Crippen molar-refractivity contribution in [3.05, 3.63) is 21.9 Å². The van der Waals surface area contributed by atoms with Crippen LogP contribution in [0.25, 0.3) is 0 Å².